The van der Waals surface area contributed by atoms with Crippen LogP contribution in [0, 0.1) is 0 Å². The molecule has 0 spiro atoms. The number of aromatic nitrogens is 5. The maximum Gasteiger partial charge on any atom is 0.213 e. The van der Waals surface area contributed by atoms with E-state index < -0.39 is 0 Å². The van der Waals surface area contributed by atoms with E-state index in [0.29, 0.717) is 18.2 Å². The van der Waals surface area contributed by atoms with Gasteiger partial charge in [0.15, 0.2) is 5.82 Å². The summed E-state index contributed by atoms with van der Waals surface area (Å²) in [6.45, 7) is 0.657. The van der Waals surface area contributed by atoms with E-state index in [1.165, 1.54) is 0 Å². The Kier molecular flexibility index (Phi) is 3.38. The highest BCUT2D eigenvalue weighted by molar-refractivity contribution is 5.27. The zero-order valence-electron chi connectivity index (χ0n) is 10.00. The molecular weight excluding hydrogens is 220 g/mol. The van der Waals surface area contributed by atoms with Crippen molar-refractivity contribution in [1.29, 1.82) is 0 Å². The summed E-state index contributed by atoms with van der Waals surface area (Å²) in [4.78, 5) is 0. The normalized spacial score (nSPS) is 10.8. The number of nitrogens with zero attached hydrogens (tertiary/aromatic N) is 5. The maximum absolute atomic E-state index is 5.45. The quantitative estimate of drug-likeness (QED) is 0.783. The molecule has 0 fully saturated rings. The van der Waals surface area contributed by atoms with Crippen molar-refractivity contribution in [2.45, 2.75) is 12.8 Å². The first-order valence-electron chi connectivity index (χ1n) is 5.44. The van der Waals surface area contributed by atoms with Crippen molar-refractivity contribution in [3.63, 3.8) is 0 Å². The number of nitrogens with two attached hydrogens (primary N) is 1. The van der Waals surface area contributed by atoms with E-state index in [4.69, 9.17) is 10.5 Å². The highest BCUT2D eigenvalue weighted by Crippen LogP contribution is 2.14. The van der Waals surface area contributed by atoms with Crippen molar-refractivity contribution >= 4 is 0 Å². The first-order valence-corrected chi connectivity index (χ1v) is 5.44. The van der Waals surface area contributed by atoms with Crippen molar-refractivity contribution in [1.82, 2.24) is 24.8 Å². The summed E-state index contributed by atoms with van der Waals surface area (Å²) in [6, 6.07) is 1.81. The first kappa shape index (κ1) is 11.6. The molecule has 0 aliphatic carbocycles. The van der Waals surface area contributed by atoms with Crippen LogP contribution in [0.2, 0.25) is 0 Å². The number of aryl methyl sites for hydroxylation is 2. The number of ether oxygens (including phenoxy) is 1. The predicted molar refractivity (Wildman–Crippen MR) is 62.1 cm³/mol. The first-order chi connectivity index (χ1) is 8.24. The van der Waals surface area contributed by atoms with Gasteiger partial charge in [-0.3, -0.25) is 0 Å². The highest BCUT2D eigenvalue weighted by Gasteiger charge is 2.09. The molecule has 92 valence electrons. The van der Waals surface area contributed by atoms with E-state index >= 15 is 0 Å². The second-order valence-electron chi connectivity index (χ2n) is 3.72. The summed E-state index contributed by atoms with van der Waals surface area (Å²) in [5.74, 6) is 1.37. The van der Waals surface area contributed by atoms with Crippen molar-refractivity contribution in [3.05, 3.63) is 18.0 Å². The van der Waals surface area contributed by atoms with Crippen LogP contribution in [-0.2, 0) is 13.5 Å². The Morgan fingerprint density at radius 2 is 2.29 bits per heavy atom. The van der Waals surface area contributed by atoms with Crippen LogP contribution in [0.3, 0.4) is 0 Å². The summed E-state index contributed by atoms with van der Waals surface area (Å²) in [6.07, 6.45) is 3.60. The second-order valence-corrected chi connectivity index (χ2v) is 3.72. The molecule has 0 aliphatic heterocycles. The minimum Gasteiger partial charge on any atom is -0.481 e. The molecule has 0 amide bonds. The van der Waals surface area contributed by atoms with Gasteiger partial charge in [0.1, 0.15) is 0 Å². The van der Waals surface area contributed by atoms with Gasteiger partial charge in [-0.15, -0.1) is 10.2 Å². The number of rotatable bonds is 5. The lowest BCUT2D eigenvalue weighted by Gasteiger charge is -1.95. The Balaban J connectivity index is 2.18. The molecule has 0 bridgehead atoms. The van der Waals surface area contributed by atoms with E-state index in [9.17, 15) is 0 Å². The third-order valence-electron chi connectivity index (χ3n) is 2.45. The standard InChI is InChI=1S/C10H16N6O/c1-15-10(17-2)6-9(13-15)16-7-8(12-14-16)4-3-5-11/h6-7H,3-5,11H2,1-2H3. The molecule has 0 unspecified atom stereocenters. The molecular formula is C10H16N6O. The third-order valence-corrected chi connectivity index (χ3v) is 2.45. The molecule has 7 heteroatoms. The van der Waals surface area contributed by atoms with Gasteiger partial charge in [-0.2, -0.15) is 0 Å². The monoisotopic (exact) mass is 236 g/mol. The lowest BCUT2D eigenvalue weighted by molar-refractivity contribution is 0.373. The van der Waals surface area contributed by atoms with E-state index in [2.05, 4.69) is 15.4 Å². The lowest BCUT2D eigenvalue weighted by Crippen LogP contribution is -2.00. The average molecular weight is 236 g/mol. The van der Waals surface area contributed by atoms with Gasteiger partial charge in [-0.05, 0) is 19.4 Å². The van der Waals surface area contributed by atoms with Crippen LogP contribution in [0.4, 0.5) is 0 Å². The number of hydrogen-bond donors (Lipinski definition) is 1. The lowest BCUT2D eigenvalue weighted by atomic mass is 10.2. The summed E-state index contributed by atoms with van der Waals surface area (Å²) in [7, 11) is 3.42. The minimum absolute atomic E-state index is 0.657. The maximum atomic E-state index is 5.45. The van der Waals surface area contributed by atoms with Crippen LogP contribution in [0.15, 0.2) is 12.3 Å². The molecule has 0 radical (unpaired) electrons. The van der Waals surface area contributed by atoms with Crippen molar-refractivity contribution in [2.75, 3.05) is 13.7 Å². The molecule has 0 aromatic carbocycles. The Morgan fingerprint density at radius 1 is 1.47 bits per heavy atom. The summed E-state index contributed by atoms with van der Waals surface area (Å²) in [5, 5.41) is 12.4. The molecule has 0 saturated carbocycles. The highest BCUT2D eigenvalue weighted by atomic mass is 16.5. The van der Waals surface area contributed by atoms with Gasteiger partial charge in [0, 0.05) is 13.1 Å². The van der Waals surface area contributed by atoms with Crippen LogP contribution >= 0.6 is 0 Å². The molecule has 0 saturated heterocycles. The van der Waals surface area contributed by atoms with E-state index in [-0.39, 0.29) is 0 Å². The molecule has 7 nitrogen and oxygen atoms in total. The van der Waals surface area contributed by atoms with E-state index in [1.807, 2.05) is 13.2 Å². The topological polar surface area (TPSA) is 83.8 Å². The third kappa shape index (κ3) is 2.44. The van der Waals surface area contributed by atoms with Crippen LogP contribution in [0.25, 0.3) is 5.82 Å². The largest absolute Gasteiger partial charge is 0.481 e. The fourth-order valence-corrected chi connectivity index (χ4v) is 1.55. The van der Waals surface area contributed by atoms with Gasteiger partial charge in [0.2, 0.25) is 5.88 Å². The molecule has 2 aromatic rings. The predicted octanol–water partition coefficient (Wildman–Crippen LogP) is -0.0993. The number of methoxy groups -OCH3 is 1. The molecule has 2 N–H and O–H groups in total. The molecule has 17 heavy (non-hydrogen) atoms. The Labute approximate surface area is 99.2 Å². The summed E-state index contributed by atoms with van der Waals surface area (Å²) < 4.78 is 8.42. The fraction of sp³-hybridized carbons (Fsp3) is 0.500. The average Bonchev–Trinajstić information content (AvgIpc) is 2.92. The SMILES string of the molecule is COc1cc(-n2cc(CCCN)nn2)nn1C. The molecule has 2 rings (SSSR count). The summed E-state index contributed by atoms with van der Waals surface area (Å²) in [5.41, 5.74) is 6.37. The van der Waals surface area contributed by atoms with Crippen molar-refractivity contribution in [2.24, 2.45) is 12.8 Å². The van der Waals surface area contributed by atoms with Gasteiger partial charge in [0.05, 0.1) is 19.0 Å². The zero-order valence-corrected chi connectivity index (χ0v) is 10.00. The Morgan fingerprint density at radius 3 is 2.94 bits per heavy atom. The van der Waals surface area contributed by atoms with Gasteiger partial charge >= 0.3 is 0 Å². The van der Waals surface area contributed by atoms with Gasteiger partial charge in [-0.1, -0.05) is 5.21 Å². The van der Waals surface area contributed by atoms with Gasteiger partial charge in [0.25, 0.3) is 0 Å². The van der Waals surface area contributed by atoms with Crippen LogP contribution in [-0.4, -0.2) is 38.4 Å². The molecule has 2 aromatic heterocycles. The van der Waals surface area contributed by atoms with Crippen LogP contribution < -0.4 is 10.5 Å². The molecule has 0 aliphatic rings. The summed E-state index contributed by atoms with van der Waals surface area (Å²) >= 11 is 0. The Hall–Kier alpha value is -1.89. The Bertz CT molecular complexity index is 489. The van der Waals surface area contributed by atoms with E-state index in [1.54, 1.807) is 22.5 Å². The minimum atomic E-state index is 0.657. The van der Waals surface area contributed by atoms with Gasteiger partial charge < -0.3 is 10.5 Å². The molecule has 0 atom stereocenters. The van der Waals surface area contributed by atoms with Crippen LogP contribution in [0.5, 0.6) is 5.88 Å². The van der Waals surface area contributed by atoms with E-state index in [0.717, 1.165) is 18.5 Å². The van der Waals surface area contributed by atoms with Crippen molar-refractivity contribution < 1.29 is 4.74 Å². The van der Waals surface area contributed by atoms with Gasteiger partial charge in [-0.25, -0.2) is 9.36 Å². The smallest absolute Gasteiger partial charge is 0.213 e. The second kappa shape index (κ2) is 4.96. The fourth-order valence-electron chi connectivity index (χ4n) is 1.55. The molecule has 2 heterocycles. The van der Waals surface area contributed by atoms with Crippen molar-refractivity contribution in [3.8, 4) is 11.7 Å². The number of hydrogen-bond acceptors (Lipinski definition) is 5. The van der Waals surface area contributed by atoms with Crippen LogP contribution in [0.1, 0.15) is 12.1 Å². The zero-order chi connectivity index (χ0) is 12.3.